The van der Waals surface area contributed by atoms with Crippen molar-refractivity contribution in [2.24, 2.45) is 0 Å². The summed E-state index contributed by atoms with van der Waals surface area (Å²) in [6, 6.07) is 0. The van der Waals surface area contributed by atoms with Crippen LogP contribution in [-0.2, 0) is 4.74 Å². The topological polar surface area (TPSA) is 29.5 Å². The van der Waals surface area contributed by atoms with Gasteiger partial charge in [0.2, 0.25) is 0 Å². The third kappa shape index (κ3) is 6.38. The Morgan fingerprint density at radius 1 is 1.58 bits per heavy atom. The van der Waals surface area contributed by atoms with Crippen LogP contribution in [0.1, 0.15) is 33.1 Å². The van der Waals surface area contributed by atoms with E-state index in [-0.39, 0.29) is 6.61 Å². The van der Waals surface area contributed by atoms with Crippen molar-refractivity contribution in [3.8, 4) is 0 Å². The van der Waals surface area contributed by atoms with Crippen molar-refractivity contribution in [3.63, 3.8) is 0 Å². The van der Waals surface area contributed by atoms with Crippen molar-refractivity contribution < 1.29 is 9.84 Å². The fourth-order valence-electron chi connectivity index (χ4n) is 1.04. The molecule has 2 heteroatoms. The Morgan fingerprint density at radius 3 is 2.75 bits per heavy atom. The molecule has 1 unspecified atom stereocenters. The molecule has 0 spiro atoms. The molecule has 0 aromatic heterocycles. The molecule has 0 fully saturated rings. The van der Waals surface area contributed by atoms with E-state index in [0.29, 0.717) is 6.10 Å². The maximum absolute atomic E-state index is 8.59. The van der Waals surface area contributed by atoms with Gasteiger partial charge >= 0.3 is 0 Å². The van der Waals surface area contributed by atoms with Crippen LogP contribution in [0.4, 0.5) is 0 Å². The second kappa shape index (κ2) is 7.32. The van der Waals surface area contributed by atoms with Gasteiger partial charge in [0.15, 0.2) is 0 Å². The number of ether oxygens (including phenoxy) is 1. The molecule has 0 saturated carbocycles. The van der Waals surface area contributed by atoms with Crippen molar-refractivity contribution >= 4 is 0 Å². The minimum atomic E-state index is 0.158. The quantitative estimate of drug-likeness (QED) is 0.622. The summed E-state index contributed by atoms with van der Waals surface area (Å²) in [7, 11) is 1.74. The van der Waals surface area contributed by atoms with Crippen LogP contribution >= 0.6 is 0 Å². The maximum Gasteiger partial charge on any atom is 0.0614 e. The van der Waals surface area contributed by atoms with E-state index in [4.69, 9.17) is 9.84 Å². The van der Waals surface area contributed by atoms with Gasteiger partial charge in [-0.3, -0.25) is 0 Å². The number of allylic oxidation sites excluding steroid dienone is 1. The van der Waals surface area contributed by atoms with Gasteiger partial charge in [0.1, 0.15) is 0 Å². The maximum atomic E-state index is 8.59. The molecule has 0 saturated heterocycles. The molecular weight excluding hydrogens is 152 g/mol. The van der Waals surface area contributed by atoms with E-state index in [1.165, 1.54) is 5.57 Å². The van der Waals surface area contributed by atoms with Crippen molar-refractivity contribution in [1.29, 1.82) is 0 Å². The molecule has 1 N–H and O–H groups in total. The van der Waals surface area contributed by atoms with Crippen LogP contribution in [0.25, 0.3) is 0 Å². The van der Waals surface area contributed by atoms with Crippen LogP contribution in [-0.4, -0.2) is 24.9 Å². The Kier molecular flexibility index (Phi) is 7.11. The molecule has 0 aliphatic carbocycles. The third-order valence-corrected chi connectivity index (χ3v) is 2.02. The fraction of sp³-hybridized carbons (Fsp3) is 0.800. The first kappa shape index (κ1) is 11.7. The molecule has 0 aliphatic rings. The van der Waals surface area contributed by atoms with Crippen molar-refractivity contribution in [2.45, 2.75) is 39.2 Å². The summed E-state index contributed by atoms with van der Waals surface area (Å²) in [5.41, 5.74) is 1.26. The zero-order valence-corrected chi connectivity index (χ0v) is 8.34. The Labute approximate surface area is 75.2 Å². The Balaban J connectivity index is 3.36. The van der Waals surface area contributed by atoms with Crippen molar-refractivity contribution in [3.05, 3.63) is 11.6 Å². The highest BCUT2D eigenvalue weighted by atomic mass is 16.5. The average Bonchev–Trinajstić information content (AvgIpc) is 2.04. The monoisotopic (exact) mass is 172 g/mol. The number of aliphatic hydroxyl groups excluding tert-OH is 1. The summed E-state index contributed by atoms with van der Waals surface area (Å²) in [6.45, 7) is 4.28. The molecule has 0 radical (unpaired) electrons. The zero-order chi connectivity index (χ0) is 9.40. The first-order valence-corrected chi connectivity index (χ1v) is 4.50. The van der Waals surface area contributed by atoms with Gasteiger partial charge in [-0.15, -0.1) is 0 Å². The summed E-state index contributed by atoms with van der Waals surface area (Å²) in [6.07, 6.45) is 5.50. The largest absolute Gasteiger partial charge is 0.392 e. The molecule has 0 aromatic carbocycles. The van der Waals surface area contributed by atoms with Gasteiger partial charge in [-0.05, 0) is 33.1 Å². The number of rotatable bonds is 6. The van der Waals surface area contributed by atoms with Gasteiger partial charge in [0.25, 0.3) is 0 Å². The molecule has 12 heavy (non-hydrogen) atoms. The molecule has 0 rings (SSSR count). The molecule has 2 nitrogen and oxygen atoms in total. The SMILES string of the molecule is COC(C)CCCC(C)=CCO. The first-order chi connectivity index (χ1) is 5.70. The van der Waals surface area contributed by atoms with Gasteiger partial charge in [0.05, 0.1) is 12.7 Å². The minimum Gasteiger partial charge on any atom is -0.392 e. The van der Waals surface area contributed by atoms with Crippen LogP contribution in [0.15, 0.2) is 11.6 Å². The Morgan fingerprint density at radius 2 is 2.25 bits per heavy atom. The molecule has 0 heterocycles. The summed E-state index contributed by atoms with van der Waals surface area (Å²) < 4.78 is 5.12. The predicted octanol–water partition coefficient (Wildman–Crippen LogP) is 2.13. The standard InChI is InChI=1S/C10H20O2/c1-9(7-8-11)5-4-6-10(2)12-3/h7,10-11H,4-6,8H2,1-3H3. The number of methoxy groups -OCH3 is 1. The highest BCUT2D eigenvalue weighted by molar-refractivity contribution is 4.97. The van der Waals surface area contributed by atoms with Gasteiger partial charge in [0, 0.05) is 7.11 Å². The molecule has 72 valence electrons. The zero-order valence-electron chi connectivity index (χ0n) is 8.34. The normalized spacial score (nSPS) is 14.8. The lowest BCUT2D eigenvalue weighted by Gasteiger charge is -2.08. The second-order valence-corrected chi connectivity index (χ2v) is 3.17. The summed E-state index contributed by atoms with van der Waals surface area (Å²) >= 11 is 0. The number of hydrogen-bond donors (Lipinski definition) is 1. The Bertz CT molecular complexity index is 130. The van der Waals surface area contributed by atoms with Crippen LogP contribution < -0.4 is 0 Å². The van der Waals surface area contributed by atoms with Crippen LogP contribution in [0.5, 0.6) is 0 Å². The van der Waals surface area contributed by atoms with E-state index in [2.05, 4.69) is 6.92 Å². The smallest absolute Gasteiger partial charge is 0.0614 e. The Hall–Kier alpha value is -0.340. The molecule has 1 atom stereocenters. The van der Waals surface area contributed by atoms with Gasteiger partial charge in [-0.2, -0.15) is 0 Å². The van der Waals surface area contributed by atoms with Gasteiger partial charge in [-0.1, -0.05) is 11.6 Å². The molecular formula is C10H20O2. The summed E-state index contributed by atoms with van der Waals surface area (Å²) in [5.74, 6) is 0. The lowest BCUT2D eigenvalue weighted by molar-refractivity contribution is 0.109. The third-order valence-electron chi connectivity index (χ3n) is 2.02. The van der Waals surface area contributed by atoms with E-state index < -0.39 is 0 Å². The highest BCUT2D eigenvalue weighted by Gasteiger charge is 1.98. The van der Waals surface area contributed by atoms with Crippen molar-refractivity contribution in [2.75, 3.05) is 13.7 Å². The second-order valence-electron chi connectivity index (χ2n) is 3.17. The van der Waals surface area contributed by atoms with Crippen LogP contribution in [0.3, 0.4) is 0 Å². The van der Waals surface area contributed by atoms with Crippen molar-refractivity contribution in [1.82, 2.24) is 0 Å². The van der Waals surface area contributed by atoms with E-state index in [1.54, 1.807) is 7.11 Å². The first-order valence-electron chi connectivity index (χ1n) is 4.50. The number of hydrogen-bond acceptors (Lipinski definition) is 2. The molecule has 0 aromatic rings. The lowest BCUT2D eigenvalue weighted by Crippen LogP contribution is -2.03. The van der Waals surface area contributed by atoms with E-state index in [0.717, 1.165) is 19.3 Å². The summed E-state index contributed by atoms with van der Waals surface area (Å²) in [4.78, 5) is 0. The average molecular weight is 172 g/mol. The van der Waals surface area contributed by atoms with Gasteiger partial charge < -0.3 is 9.84 Å². The highest BCUT2D eigenvalue weighted by Crippen LogP contribution is 2.09. The molecule has 0 amide bonds. The predicted molar refractivity (Wildman–Crippen MR) is 51.2 cm³/mol. The van der Waals surface area contributed by atoms with E-state index in [9.17, 15) is 0 Å². The summed E-state index contributed by atoms with van der Waals surface area (Å²) in [5, 5.41) is 8.59. The minimum absolute atomic E-state index is 0.158. The lowest BCUT2D eigenvalue weighted by atomic mass is 10.1. The van der Waals surface area contributed by atoms with E-state index >= 15 is 0 Å². The van der Waals surface area contributed by atoms with Crippen LogP contribution in [0, 0.1) is 0 Å². The van der Waals surface area contributed by atoms with Crippen LogP contribution in [0.2, 0.25) is 0 Å². The molecule has 0 bridgehead atoms. The fourth-order valence-corrected chi connectivity index (χ4v) is 1.04. The number of aliphatic hydroxyl groups is 1. The van der Waals surface area contributed by atoms with Gasteiger partial charge in [-0.25, -0.2) is 0 Å². The van der Waals surface area contributed by atoms with E-state index in [1.807, 2.05) is 13.0 Å². The molecule has 0 aliphatic heterocycles.